The minimum atomic E-state index is 0.347. The lowest BCUT2D eigenvalue weighted by molar-refractivity contribution is 0.633. The smallest absolute Gasteiger partial charge is 0.0671 e. The molecule has 1 unspecified atom stereocenters. The summed E-state index contributed by atoms with van der Waals surface area (Å²) in [6.45, 7) is 7.63. The minimum absolute atomic E-state index is 0.347. The molecule has 3 rings (SSSR count). The van der Waals surface area contributed by atoms with Gasteiger partial charge in [0, 0.05) is 9.75 Å². The van der Waals surface area contributed by atoms with Crippen molar-refractivity contribution in [1.29, 1.82) is 0 Å². The van der Waals surface area contributed by atoms with Crippen LogP contribution in [0.2, 0.25) is 0 Å². The fourth-order valence-electron chi connectivity index (χ4n) is 3.26. The molecule has 0 spiro atoms. The minimum Gasteiger partial charge on any atom is -0.306 e. The first-order valence-corrected chi connectivity index (χ1v) is 8.92. The average Bonchev–Trinajstić information content (AvgIpc) is 2.83. The molecule has 112 valence electrons. The molecular weight excluding hydrogens is 274 g/mol. The van der Waals surface area contributed by atoms with E-state index in [-0.39, 0.29) is 0 Å². The van der Waals surface area contributed by atoms with Crippen LogP contribution < -0.4 is 5.32 Å². The third-order valence-corrected chi connectivity index (χ3v) is 5.80. The van der Waals surface area contributed by atoms with Crippen molar-refractivity contribution in [1.82, 2.24) is 5.32 Å². The number of aryl methyl sites for hydroxylation is 4. The van der Waals surface area contributed by atoms with Crippen LogP contribution in [0.1, 0.15) is 57.8 Å². The van der Waals surface area contributed by atoms with Crippen molar-refractivity contribution in [2.45, 2.75) is 52.5 Å². The van der Waals surface area contributed by atoms with Crippen molar-refractivity contribution in [3.05, 3.63) is 56.3 Å². The van der Waals surface area contributed by atoms with Gasteiger partial charge in [-0.15, -0.1) is 11.3 Å². The topological polar surface area (TPSA) is 12.0 Å². The lowest BCUT2D eigenvalue weighted by atomic mass is 9.89. The first-order chi connectivity index (χ1) is 10.2. The standard InChI is InChI=1S/C19H25NS/c1-4-20-19(18-11-13(2)14(3)21-18)17-10-9-15-7-5-6-8-16(15)12-17/h9-12,19-20H,4-8H2,1-3H3. The van der Waals surface area contributed by atoms with Gasteiger partial charge >= 0.3 is 0 Å². The van der Waals surface area contributed by atoms with Crippen molar-refractivity contribution in [3.8, 4) is 0 Å². The van der Waals surface area contributed by atoms with Crippen molar-refractivity contribution in [2.75, 3.05) is 6.54 Å². The molecule has 0 saturated carbocycles. The molecule has 0 fully saturated rings. The van der Waals surface area contributed by atoms with E-state index in [1.807, 2.05) is 11.3 Å². The van der Waals surface area contributed by atoms with Crippen molar-refractivity contribution >= 4 is 11.3 Å². The Balaban J connectivity index is 1.97. The Morgan fingerprint density at radius 1 is 1.10 bits per heavy atom. The zero-order valence-corrected chi connectivity index (χ0v) is 14.1. The molecule has 1 aromatic carbocycles. The Morgan fingerprint density at radius 3 is 2.52 bits per heavy atom. The molecule has 1 nitrogen and oxygen atoms in total. The van der Waals surface area contributed by atoms with E-state index in [2.05, 4.69) is 50.4 Å². The van der Waals surface area contributed by atoms with Crippen LogP contribution in [0.3, 0.4) is 0 Å². The molecule has 1 aliphatic rings. The van der Waals surface area contributed by atoms with Gasteiger partial charge in [-0.2, -0.15) is 0 Å². The molecule has 0 aliphatic heterocycles. The highest BCUT2D eigenvalue weighted by Crippen LogP contribution is 2.32. The molecule has 2 heteroatoms. The van der Waals surface area contributed by atoms with Crippen LogP contribution in [-0.2, 0) is 12.8 Å². The zero-order chi connectivity index (χ0) is 14.8. The van der Waals surface area contributed by atoms with E-state index in [1.165, 1.54) is 46.6 Å². The lowest BCUT2D eigenvalue weighted by Gasteiger charge is -2.21. The monoisotopic (exact) mass is 299 g/mol. The van der Waals surface area contributed by atoms with E-state index in [0.717, 1.165) is 6.54 Å². The first-order valence-electron chi connectivity index (χ1n) is 8.11. The van der Waals surface area contributed by atoms with Crippen LogP contribution in [0.15, 0.2) is 24.3 Å². The lowest BCUT2D eigenvalue weighted by Crippen LogP contribution is -2.21. The van der Waals surface area contributed by atoms with Crippen molar-refractivity contribution < 1.29 is 0 Å². The molecule has 21 heavy (non-hydrogen) atoms. The average molecular weight is 299 g/mol. The highest BCUT2D eigenvalue weighted by Gasteiger charge is 2.18. The summed E-state index contributed by atoms with van der Waals surface area (Å²) in [6.07, 6.45) is 5.22. The Bertz CT molecular complexity index is 607. The SMILES string of the molecule is CCNC(c1ccc2c(c1)CCCC2)c1cc(C)c(C)s1. The number of nitrogens with one attached hydrogen (secondary N) is 1. The number of rotatable bonds is 4. The maximum absolute atomic E-state index is 3.67. The summed E-state index contributed by atoms with van der Waals surface area (Å²) in [5.41, 5.74) is 5.99. The predicted molar refractivity (Wildman–Crippen MR) is 92.4 cm³/mol. The van der Waals surface area contributed by atoms with E-state index in [9.17, 15) is 0 Å². The predicted octanol–water partition coefficient (Wildman–Crippen LogP) is 4.94. The second-order valence-electron chi connectivity index (χ2n) is 6.11. The largest absolute Gasteiger partial charge is 0.306 e. The number of hydrogen-bond acceptors (Lipinski definition) is 2. The summed E-state index contributed by atoms with van der Waals surface area (Å²) in [6, 6.07) is 9.85. The van der Waals surface area contributed by atoms with Crippen LogP contribution in [-0.4, -0.2) is 6.54 Å². The van der Waals surface area contributed by atoms with Crippen LogP contribution in [0.5, 0.6) is 0 Å². The summed E-state index contributed by atoms with van der Waals surface area (Å²) in [5.74, 6) is 0. The second kappa shape index (κ2) is 6.33. The van der Waals surface area contributed by atoms with E-state index in [1.54, 1.807) is 11.1 Å². The van der Waals surface area contributed by atoms with E-state index in [4.69, 9.17) is 0 Å². The first kappa shape index (κ1) is 14.8. The molecule has 1 N–H and O–H groups in total. The second-order valence-corrected chi connectivity index (χ2v) is 7.40. The molecule has 2 aromatic rings. The maximum Gasteiger partial charge on any atom is 0.0671 e. The molecule has 1 atom stereocenters. The van der Waals surface area contributed by atoms with Gasteiger partial charge < -0.3 is 5.32 Å². The van der Waals surface area contributed by atoms with E-state index >= 15 is 0 Å². The molecule has 0 saturated heterocycles. The van der Waals surface area contributed by atoms with Crippen LogP contribution >= 0.6 is 11.3 Å². The van der Waals surface area contributed by atoms with Gasteiger partial charge in [-0.3, -0.25) is 0 Å². The van der Waals surface area contributed by atoms with Gasteiger partial charge in [0.15, 0.2) is 0 Å². The number of benzene rings is 1. The fraction of sp³-hybridized carbons (Fsp3) is 0.474. The number of hydrogen-bond donors (Lipinski definition) is 1. The van der Waals surface area contributed by atoms with Crippen LogP contribution in [0.25, 0.3) is 0 Å². The van der Waals surface area contributed by atoms with Crippen LogP contribution in [0, 0.1) is 13.8 Å². The van der Waals surface area contributed by atoms with Gasteiger partial charge in [-0.25, -0.2) is 0 Å². The molecule has 1 aromatic heterocycles. The third kappa shape index (κ3) is 3.07. The Kier molecular flexibility index (Phi) is 4.46. The summed E-state index contributed by atoms with van der Waals surface area (Å²) < 4.78 is 0. The molecule has 0 amide bonds. The highest BCUT2D eigenvalue weighted by atomic mass is 32.1. The summed E-state index contributed by atoms with van der Waals surface area (Å²) >= 11 is 1.93. The Labute approximate surface area is 132 Å². The number of fused-ring (bicyclic) bond motifs is 1. The maximum atomic E-state index is 3.67. The fourth-order valence-corrected chi connectivity index (χ4v) is 4.41. The summed E-state index contributed by atoms with van der Waals surface area (Å²) in [5, 5.41) is 3.67. The molecule has 1 heterocycles. The van der Waals surface area contributed by atoms with E-state index < -0.39 is 0 Å². The quantitative estimate of drug-likeness (QED) is 0.843. The van der Waals surface area contributed by atoms with Gasteiger partial charge in [-0.05, 0) is 74.4 Å². The summed E-state index contributed by atoms with van der Waals surface area (Å²) in [4.78, 5) is 2.88. The molecular formula is C19H25NS. The van der Waals surface area contributed by atoms with Gasteiger partial charge in [0.1, 0.15) is 0 Å². The van der Waals surface area contributed by atoms with Gasteiger partial charge in [-0.1, -0.05) is 25.1 Å². The Morgan fingerprint density at radius 2 is 1.86 bits per heavy atom. The third-order valence-electron chi connectivity index (χ3n) is 4.58. The zero-order valence-electron chi connectivity index (χ0n) is 13.3. The van der Waals surface area contributed by atoms with Crippen molar-refractivity contribution in [2.24, 2.45) is 0 Å². The summed E-state index contributed by atoms with van der Waals surface area (Å²) in [7, 11) is 0. The normalized spacial score (nSPS) is 15.8. The number of thiophene rings is 1. The van der Waals surface area contributed by atoms with Crippen LogP contribution in [0.4, 0.5) is 0 Å². The van der Waals surface area contributed by atoms with Crippen molar-refractivity contribution in [3.63, 3.8) is 0 Å². The molecule has 1 aliphatic carbocycles. The Hall–Kier alpha value is -1.12. The highest BCUT2D eigenvalue weighted by molar-refractivity contribution is 7.12. The van der Waals surface area contributed by atoms with Gasteiger partial charge in [0.2, 0.25) is 0 Å². The van der Waals surface area contributed by atoms with Gasteiger partial charge in [0.05, 0.1) is 6.04 Å². The van der Waals surface area contributed by atoms with Gasteiger partial charge in [0.25, 0.3) is 0 Å². The molecule has 0 bridgehead atoms. The van der Waals surface area contributed by atoms with E-state index in [0.29, 0.717) is 6.04 Å². The molecule has 0 radical (unpaired) electrons.